The van der Waals surface area contributed by atoms with Crippen LogP contribution in [0.2, 0.25) is 0 Å². The SMILES string of the molecule is O=c1[nH]c(=O)n([C@H]2O[C@@H](CO)C(O)C2F)cc1/C=C/Br. The van der Waals surface area contributed by atoms with Gasteiger partial charge in [0.2, 0.25) is 0 Å². The molecule has 4 atom stereocenters. The van der Waals surface area contributed by atoms with E-state index in [2.05, 4.69) is 15.9 Å². The summed E-state index contributed by atoms with van der Waals surface area (Å²) in [6.45, 7) is -0.579. The van der Waals surface area contributed by atoms with E-state index >= 15 is 0 Å². The van der Waals surface area contributed by atoms with Gasteiger partial charge in [-0.1, -0.05) is 15.9 Å². The number of hydrogen-bond acceptors (Lipinski definition) is 5. The Hall–Kier alpha value is -1.29. The number of nitrogens with zero attached hydrogens (tertiary/aromatic N) is 1. The molecule has 0 radical (unpaired) electrons. The monoisotopic (exact) mass is 350 g/mol. The lowest BCUT2D eigenvalue weighted by Gasteiger charge is -2.16. The van der Waals surface area contributed by atoms with Gasteiger partial charge in [-0.15, -0.1) is 0 Å². The van der Waals surface area contributed by atoms with Crippen LogP contribution in [0.5, 0.6) is 0 Å². The topological polar surface area (TPSA) is 105 Å². The molecule has 2 rings (SSSR count). The molecule has 0 bridgehead atoms. The first-order chi connectivity index (χ1) is 9.49. The third-order valence-corrected chi connectivity index (χ3v) is 3.25. The number of alkyl halides is 1. The molecule has 1 aromatic rings. The molecule has 20 heavy (non-hydrogen) atoms. The Bertz CT molecular complexity index is 628. The third-order valence-electron chi connectivity index (χ3n) is 2.99. The molecule has 1 aliphatic rings. The number of halogens is 2. The average molecular weight is 351 g/mol. The molecule has 9 heteroatoms. The Labute approximate surface area is 120 Å². The van der Waals surface area contributed by atoms with E-state index in [1.54, 1.807) is 0 Å². The van der Waals surface area contributed by atoms with Crippen LogP contribution >= 0.6 is 15.9 Å². The normalized spacial score (nSPS) is 30.2. The molecular weight excluding hydrogens is 339 g/mol. The summed E-state index contributed by atoms with van der Waals surface area (Å²) in [5, 5.41) is 18.5. The van der Waals surface area contributed by atoms with Crippen molar-refractivity contribution in [3.63, 3.8) is 0 Å². The van der Waals surface area contributed by atoms with Crippen molar-refractivity contribution in [3.8, 4) is 0 Å². The molecule has 0 aromatic carbocycles. The smallest absolute Gasteiger partial charge is 0.330 e. The molecule has 1 fully saturated rings. The van der Waals surface area contributed by atoms with Gasteiger partial charge in [0.25, 0.3) is 5.56 Å². The minimum absolute atomic E-state index is 0.110. The van der Waals surface area contributed by atoms with Gasteiger partial charge in [-0.25, -0.2) is 9.18 Å². The van der Waals surface area contributed by atoms with Gasteiger partial charge in [-0.2, -0.15) is 0 Å². The predicted octanol–water partition coefficient (Wildman–Crippen LogP) is -0.509. The van der Waals surface area contributed by atoms with Crippen molar-refractivity contribution >= 4 is 22.0 Å². The quantitative estimate of drug-likeness (QED) is 0.681. The number of nitrogens with one attached hydrogen (secondary N) is 1. The van der Waals surface area contributed by atoms with Crippen LogP contribution < -0.4 is 11.2 Å². The van der Waals surface area contributed by atoms with E-state index in [0.29, 0.717) is 0 Å². The van der Waals surface area contributed by atoms with E-state index in [1.807, 2.05) is 4.98 Å². The highest BCUT2D eigenvalue weighted by Gasteiger charge is 2.45. The first kappa shape index (κ1) is 15.1. The predicted molar refractivity (Wildman–Crippen MR) is 71.2 cm³/mol. The second-order valence-corrected chi connectivity index (χ2v) is 4.75. The van der Waals surface area contributed by atoms with Gasteiger partial charge in [0.15, 0.2) is 12.4 Å². The number of H-pyrrole nitrogens is 1. The fourth-order valence-electron chi connectivity index (χ4n) is 1.95. The van der Waals surface area contributed by atoms with Crippen molar-refractivity contribution in [3.05, 3.63) is 37.6 Å². The first-order valence-electron chi connectivity index (χ1n) is 5.70. The fourth-order valence-corrected chi connectivity index (χ4v) is 2.24. The van der Waals surface area contributed by atoms with Crippen LogP contribution in [0, 0.1) is 0 Å². The van der Waals surface area contributed by atoms with Gasteiger partial charge in [-0.3, -0.25) is 14.3 Å². The molecule has 0 saturated carbocycles. The molecule has 1 aromatic heterocycles. The second kappa shape index (κ2) is 6.00. The lowest BCUT2D eigenvalue weighted by atomic mass is 10.1. The van der Waals surface area contributed by atoms with E-state index < -0.39 is 42.5 Å². The van der Waals surface area contributed by atoms with E-state index in [9.17, 15) is 19.1 Å². The highest BCUT2D eigenvalue weighted by molar-refractivity contribution is 9.11. The molecule has 0 spiro atoms. The Morgan fingerprint density at radius 1 is 1.55 bits per heavy atom. The maximum absolute atomic E-state index is 13.9. The summed E-state index contributed by atoms with van der Waals surface area (Å²) in [7, 11) is 0. The lowest BCUT2D eigenvalue weighted by molar-refractivity contribution is -0.0491. The van der Waals surface area contributed by atoms with E-state index in [0.717, 1.165) is 10.8 Å². The largest absolute Gasteiger partial charge is 0.394 e. The van der Waals surface area contributed by atoms with Crippen LogP contribution in [-0.4, -0.2) is 44.8 Å². The van der Waals surface area contributed by atoms with Crippen molar-refractivity contribution in [2.45, 2.75) is 24.6 Å². The fraction of sp³-hybridized carbons (Fsp3) is 0.455. The summed E-state index contributed by atoms with van der Waals surface area (Å²) in [5.41, 5.74) is -1.38. The summed E-state index contributed by atoms with van der Waals surface area (Å²) >= 11 is 2.99. The van der Waals surface area contributed by atoms with Crippen LogP contribution in [0.15, 0.2) is 20.8 Å². The van der Waals surface area contributed by atoms with Crippen molar-refractivity contribution in [1.82, 2.24) is 9.55 Å². The maximum atomic E-state index is 13.9. The Kier molecular flexibility index (Phi) is 4.53. The molecule has 7 nitrogen and oxygen atoms in total. The molecule has 0 amide bonds. The van der Waals surface area contributed by atoms with Gasteiger partial charge in [0, 0.05) is 6.20 Å². The average Bonchev–Trinajstić information content (AvgIpc) is 2.70. The van der Waals surface area contributed by atoms with Crippen molar-refractivity contribution < 1.29 is 19.3 Å². The zero-order valence-electron chi connectivity index (χ0n) is 10.1. The number of aliphatic hydroxyl groups excluding tert-OH is 2. The number of aromatic nitrogens is 2. The van der Waals surface area contributed by atoms with Crippen LogP contribution in [0.3, 0.4) is 0 Å². The van der Waals surface area contributed by atoms with Crippen LogP contribution in [0.25, 0.3) is 6.08 Å². The van der Waals surface area contributed by atoms with Gasteiger partial charge in [-0.05, 0) is 11.1 Å². The Balaban J connectivity index is 2.46. The van der Waals surface area contributed by atoms with E-state index in [-0.39, 0.29) is 5.56 Å². The number of ether oxygens (including phenoxy) is 1. The number of rotatable bonds is 3. The maximum Gasteiger partial charge on any atom is 0.330 e. The zero-order valence-corrected chi connectivity index (χ0v) is 11.7. The number of hydrogen-bond donors (Lipinski definition) is 3. The standard InChI is InChI=1S/C11H12BrFN2O5/c12-2-1-5-3-15(11(19)14-9(5)18)10-7(13)8(17)6(4-16)20-10/h1-3,6-8,10,16-17H,4H2,(H,14,18,19)/b2-1+/t6-,7?,8?,10-/m0/s1. The zero-order chi connectivity index (χ0) is 14.9. The van der Waals surface area contributed by atoms with Crippen LogP contribution in [-0.2, 0) is 4.74 Å². The molecular formula is C11H12BrFN2O5. The molecule has 2 unspecified atom stereocenters. The molecule has 110 valence electrons. The second-order valence-electron chi connectivity index (χ2n) is 4.23. The van der Waals surface area contributed by atoms with Gasteiger partial charge >= 0.3 is 5.69 Å². The molecule has 2 heterocycles. The lowest BCUT2D eigenvalue weighted by Crippen LogP contribution is -2.36. The number of aliphatic hydroxyl groups is 2. The van der Waals surface area contributed by atoms with Gasteiger partial charge in [0.05, 0.1) is 12.2 Å². The molecule has 1 saturated heterocycles. The minimum Gasteiger partial charge on any atom is -0.394 e. The summed E-state index contributed by atoms with van der Waals surface area (Å²) in [6, 6.07) is 0. The Morgan fingerprint density at radius 2 is 2.25 bits per heavy atom. The van der Waals surface area contributed by atoms with Gasteiger partial charge in [0.1, 0.15) is 12.2 Å². The first-order valence-corrected chi connectivity index (χ1v) is 6.62. The summed E-state index contributed by atoms with van der Waals surface area (Å²) in [6.07, 6.45) is -3.46. The van der Waals surface area contributed by atoms with Gasteiger partial charge < -0.3 is 14.9 Å². The van der Waals surface area contributed by atoms with Crippen LogP contribution in [0.4, 0.5) is 4.39 Å². The van der Waals surface area contributed by atoms with E-state index in [4.69, 9.17) is 9.84 Å². The van der Waals surface area contributed by atoms with E-state index in [1.165, 1.54) is 11.1 Å². The highest BCUT2D eigenvalue weighted by Crippen LogP contribution is 2.30. The van der Waals surface area contributed by atoms with Crippen molar-refractivity contribution in [1.29, 1.82) is 0 Å². The highest BCUT2D eigenvalue weighted by atomic mass is 79.9. The van der Waals surface area contributed by atoms with Crippen molar-refractivity contribution in [2.75, 3.05) is 6.61 Å². The molecule has 3 N–H and O–H groups in total. The number of aromatic amines is 1. The molecule has 1 aliphatic heterocycles. The third kappa shape index (κ3) is 2.62. The van der Waals surface area contributed by atoms with Crippen LogP contribution in [0.1, 0.15) is 11.8 Å². The summed E-state index contributed by atoms with van der Waals surface area (Å²) in [5.74, 6) is 0. The molecule has 0 aliphatic carbocycles. The van der Waals surface area contributed by atoms with Crippen molar-refractivity contribution in [2.24, 2.45) is 0 Å². The Morgan fingerprint density at radius 3 is 2.80 bits per heavy atom. The minimum atomic E-state index is -1.89. The summed E-state index contributed by atoms with van der Waals surface area (Å²) in [4.78, 5) is 26.6. The summed E-state index contributed by atoms with van der Waals surface area (Å²) < 4.78 is 19.9.